The fourth-order valence-corrected chi connectivity index (χ4v) is 8.28. The lowest BCUT2D eigenvalue weighted by Crippen LogP contribution is -2.35. The fourth-order valence-electron chi connectivity index (χ4n) is 5.30. The third kappa shape index (κ3) is 5.44. The number of ether oxygens (including phenoxy) is 2. The van der Waals surface area contributed by atoms with Crippen molar-refractivity contribution in [2.75, 3.05) is 18.9 Å². The molecule has 4 aromatic rings. The van der Waals surface area contributed by atoms with Crippen molar-refractivity contribution in [3.63, 3.8) is 0 Å². The monoisotopic (exact) mass is 674 g/mol. The van der Waals surface area contributed by atoms with Crippen LogP contribution in [0.2, 0.25) is 0 Å². The molecular weight excluding hydrogens is 650 g/mol. The van der Waals surface area contributed by atoms with Crippen molar-refractivity contribution in [2.24, 2.45) is 0 Å². The Morgan fingerprint density at radius 3 is 2.58 bits per heavy atom. The van der Waals surface area contributed by atoms with Gasteiger partial charge in [0.15, 0.2) is 17.7 Å². The number of anilines is 1. The van der Waals surface area contributed by atoms with Gasteiger partial charge >= 0.3 is 13.6 Å². The summed E-state index contributed by atoms with van der Waals surface area (Å²) in [5, 5.41) is 15.3. The molecule has 0 spiro atoms. The molecule has 7 rings (SSSR count). The van der Waals surface area contributed by atoms with E-state index in [1.165, 1.54) is 50.7 Å². The number of nitrogen functional groups attached to an aromatic ring is 1. The molecule has 2 bridgehead atoms. The molecule has 3 fully saturated rings. The number of imidazole rings is 2. The summed E-state index contributed by atoms with van der Waals surface area (Å²) in [5.74, 6) is 0.322. The van der Waals surface area contributed by atoms with Gasteiger partial charge in [-0.15, -0.1) is 0 Å². The molecule has 22 heteroatoms. The third-order valence-electron chi connectivity index (χ3n) is 7.27. The van der Waals surface area contributed by atoms with Gasteiger partial charge in [0.2, 0.25) is 5.78 Å². The quantitative estimate of drug-likeness (QED) is 0.173. The van der Waals surface area contributed by atoms with Gasteiger partial charge in [0.25, 0.3) is 5.56 Å². The number of nitrogens with zero attached hydrogens (tertiary/aromatic N) is 7. The zero-order chi connectivity index (χ0) is 30.1. The average Bonchev–Trinajstić information content (AvgIpc) is 3.74. The molecule has 0 aromatic carbocycles. The summed E-state index contributed by atoms with van der Waals surface area (Å²) < 4.78 is 65.8. The lowest BCUT2D eigenvalue weighted by atomic mass is 10.1. The first-order valence-corrected chi connectivity index (χ1v) is 18.2. The second-order valence-corrected chi connectivity index (χ2v) is 15.7. The van der Waals surface area contributed by atoms with Crippen LogP contribution in [0, 0.1) is 0 Å². The van der Waals surface area contributed by atoms with E-state index >= 15 is 0 Å². The van der Waals surface area contributed by atoms with Crippen LogP contribution in [-0.2, 0) is 36.7 Å². The molecular formula is C21H24N8O10P2S2. The average molecular weight is 675 g/mol. The molecule has 4 aromatic heterocycles. The standard InChI is InChI=1S/C21H24N8O10P2S2/c22-18-19-24-6-10(29(19)26-9-25-18)11-5-12-13(36-11)7-34-41(33,43)39-17-16(31)14(8-35-40(32,42)38-12)37-20(17)28-3-1-15(30)27-4-2-23-21(27)28/h1-4,6,9,11-14,16-17,20,31H,5,7-8H2,(H,32,42)(H,33,43)(H2,22,25,26)/t11-,12+,13-,14-,16-,17-,20-,40-,41+/m1/s1. The Bertz CT molecular complexity index is 1850. The van der Waals surface area contributed by atoms with E-state index in [1.807, 2.05) is 0 Å². The van der Waals surface area contributed by atoms with Gasteiger partial charge in [0.1, 0.15) is 36.8 Å². The third-order valence-corrected chi connectivity index (χ3v) is 10.5. The van der Waals surface area contributed by atoms with Crippen molar-refractivity contribution in [3.05, 3.63) is 53.2 Å². The number of aliphatic hydroxyl groups excluding tert-OH is 1. The van der Waals surface area contributed by atoms with E-state index in [0.29, 0.717) is 11.3 Å². The van der Waals surface area contributed by atoms with Crippen molar-refractivity contribution in [1.82, 2.24) is 33.5 Å². The highest BCUT2D eigenvalue weighted by molar-refractivity contribution is 8.44. The Hall–Kier alpha value is -2.35. The molecule has 3 aliphatic heterocycles. The topological polar surface area (TPSA) is 218 Å². The number of fused-ring (bicyclic) bond motifs is 5. The molecule has 230 valence electrons. The number of aromatic nitrogens is 7. The normalized spacial score (nSPS) is 37.1. The van der Waals surface area contributed by atoms with Crippen LogP contribution >= 0.6 is 38.1 Å². The molecule has 3 N–H and O–H groups in total. The number of rotatable bonds is 2. The maximum Gasteiger partial charge on any atom is 0.386 e. The SMILES string of the molecule is Nc1ncnn2c([C@H]3C[C@@H]4O[P@](=O)(S)OC[C@H]5O[C@@H](n6ccc(=O)n7ccnc67)[C@H](O[P@@](=O)(S)OC[C@H]4O3)[C@@H]5O)cnc12. The predicted octanol–water partition coefficient (Wildman–Crippen LogP) is 1.20. The molecule has 0 amide bonds. The minimum absolute atomic E-state index is 0.136. The second-order valence-electron chi connectivity index (χ2n) is 9.92. The molecule has 18 nitrogen and oxygen atoms in total. The van der Waals surface area contributed by atoms with Crippen molar-refractivity contribution in [1.29, 1.82) is 0 Å². The molecule has 0 radical (unpaired) electrons. The number of hydrogen-bond donors (Lipinski definition) is 4. The number of aliphatic hydroxyl groups is 1. The van der Waals surface area contributed by atoms with Gasteiger partial charge in [0.05, 0.1) is 31.2 Å². The lowest BCUT2D eigenvalue weighted by Gasteiger charge is -2.26. The summed E-state index contributed by atoms with van der Waals surface area (Å²) in [6.45, 7) is -9.15. The number of nitrogens with two attached hydrogens (primary N) is 1. The van der Waals surface area contributed by atoms with Gasteiger partial charge in [-0.2, -0.15) is 5.10 Å². The Balaban J connectivity index is 1.19. The first kappa shape index (κ1) is 29.4. The van der Waals surface area contributed by atoms with E-state index in [1.54, 1.807) is 0 Å². The Kier molecular flexibility index (Phi) is 7.46. The van der Waals surface area contributed by atoms with Crippen LogP contribution in [-0.4, -0.2) is 82.4 Å². The summed E-state index contributed by atoms with van der Waals surface area (Å²) in [6, 6.07) is 1.26. The zero-order valence-electron chi connectivity index (χ0n) is 21.7. The second kappa shape index (κ2) is 10.9. The van der Waals surface area contributed by atoms with Crippen molar-refractivity contribution < 1.29 is 41.8 Å². The molecule has 7 heterocycles. The summed E-state index contributed by atoms with van der Waals surface area (Å²) in [6.07, 6.45) is -0.550. The summed E-state index contributed by atoms with van der Waals surface area (Å²) in [7, 11) is 0. The van der Waals surface area contributed by atoms with Crippen LogP contribution in [0.25, 0.3) is 11.4 Å². The molecule has 3 saturated heterocycles. The first-order valence-electron chi connectivity index (χ1n) is 12.8. The van der Waals surface area contributed by atoms with E-state index in [9.17, 15) is 19.0 Å². The van der Waals surface area contributed by atoms with E-state index in [2.05, 4.69) is 44.5 Å². The van der Waals surface area contributed by atoms with Gasteiger partial charge in [-0.3, -0.25) is 31.9 Å². The molecule has 3 aliphatic rings. The highest BCUT2D eigenvalue weighted by atomic mass is 32.7. The maximum atomic E-state index is 13.5. The maximum absolute atomic E-state index is 13.5. The van der Waals surface area contributed by atoms with Gasteiger partial charge in [-0.25, -0.2) is 28.6 Å². The minimum Gasteiger partial charge on any atom is -0.387 e. The van der Waals surface area contributed by atoms with Gasteiger partial charge in [-0.05, 0) is 0 Å². The van der Waals surface area contributed by atoms with Crippen LogP contribution in [0.1, 0.15) is 24.4 Å². The van der Waals surface area contributed by atoms with Crippen LogP contribution in [0.15, 0.2) is 42.0 Å². The Morgan fingerprint density at radius 1 is 1.00 bits per heavy atom. The van der Waals surface area contributed by atoms with E-state index < -0.39 is 63.1 Å². The first-order chi connectivity index (χ1) is 20.5. The fraction of sp³-hybridized carbons (Fsp3) is 0.476. The van der Waals surface area contributed by atoms with Crippen molar-refractivity contribution >= 4 is 55.3 Å². The molecule has 0 saturated carbocycles. The van der Waals surface area contributed by atoms with E-state index in [-0.39, 0.29) is 30.2 Å². The van der Waals surface area contributed by atoms with E-state index in [4.69, 9.17) is 33.3 Å². The van der Waals surface area contributed by atoms with Crippen LogP contribution < -0.4 is 11.3 Å². The minimum atomic E-state index is -4.22. The van der Waals surface area contributed by atoms with Crippen molar-refractivity contribution in [3.8, 4) is 0 Å². The summed E-state index contributed by atoms with van der Waals surface area (Å²) in [4.78, 5) is 24.6. The van der Waals surface area contributed by atoms with Gasteiger partial charge in [0, 0.05) is 31.1 Å². The van der Waals surface area contributed by atoms with Gasteiger partial charge in [-0.1, -0.05) is 24.5 Å². The molecule has 43 heavy (non-hydrogen) atoms. The molecule has 0 unspecified atom stereocenters. The summed E-state index contributed by atoms with van der Waals surface area (Å²) in [5.41, 5.74) is 6.36. The predicted molar refractivity (Wildman–Crippen MR) is 152 cm³/mol. The number of hydrogen-bond acceptors (Lipinski definition) is 15. The summed E-state index contributed by atoms with van der Waals surface area (Å²) >= 11 is 8.27. The molecule has 0 aliphatic carbocycles. The highest BCUT2D eigenvalue weighted by Crippen LogP contribution is 2.60. The Labute approximate surface area is 251 Å². The Morgan fingerprint density at radius 2 is 1.77 bits per heavy atom. The highest BCUT2D eigenvalue weighted by Gasteiger charge is 2.51. The smallest absolute Gasteiger partial charge is 0.386 e. The largest absolute Gasteiger partial charge is 0.387 e. The lowest BCUT2D eigenvalue weighted by molar-refractivity contribution is -0.0534. The van der Waals surface area contributed by atoms with Crippen LogP contribution in [0.5, 0.6) is 0 Å². The van der Waals surface area contributed by atoms with Crippen molar-refractivity contribution in [2.45, 2.75) is 49.3 Å². The van der Waals surface area contributed by atoms with Gasteiger partial charge < -0.3 is 20.3 Å². The van der Waals surface area contributed by atoms with Crippen LogP contribution in [0.3, 0.4) is 0 Å². The van der Waals surface area contributed by atoms with E-state index in [0.717, 1.165) is 0 Å². The zero-order valence-corrected chi connectivity index (χ0v) is 25.3. The number of thiol groups is 2. The molecule has 9 atom stereocenters. The van der Waals surface area contributed by atoms with Crippen LogP contribution in [0.4, 0.5) is 5.82 Å².